The summed E-state index contributed by atoms with van der Waals surface area (Å²) in [5.41, 5.74) is 0.154. The molecule has 0 radical (unpaired) electrons. The van der Waals surface area contributed by atoms with Gasteiger partial charge in [0.1, 0.15) is 6.10 Å². The maximum Gasteiger partial charge on any atom is 0.309 e. The van der Waals surface area contributed by atoms with E-state index in [0.29, 0.717) is 11.8 Å². The summed E-state index contributed by atoms with van der Waals surface area (Å²) in [6, 6.07) is 0. The van der Waals surface area contributed by atoms with Crippen LogP contribution >= 0.6 is 0 Å². The summed E-state index contributed by atoms with van der Waals surface area (Å²) < 4.78 is 5.11. The van der Waals surface area contributed by atoms with E-state index >= 15 is 0 Å². The van der Waals surface area contributed by atoms with E-state index in [1.807, 2.05) is 0 Å². The first kappa shape index (κ1) is 5.97. The first-order valence-electron chi connectivity index (χ1n) is 4.64. The summed E-state index contributed by atoms with van der Waals surface area (Å²) in [4.78, 5) is 11.3. The maximum absolute atomic E-state index is 11.3. The lowest BCUT2D eigenvalue weighted by atomic mass is 9.64. The van der Waals surface area contributed by atoms with Gasteiger partial charge in [-0.3, -0.25) is 4.79 Å². The van der Waals surface area contributed by atoms with E-state index in [2.05, 4.69) is 0 Å². The fourth-order valence-electron chi connectivity index (χ4n) is 3.99. The molecule has 1 heterocycles. The van der Waals surface area contributed by atoms with Gasteiger partial charge in [0.25, 0.3) is 0 Å². The number of aliphatic hydroxyl groups is 1. The van der Waals surface area contributed by atoms with Gasteiger partial charge in [0.2, 0.25) is 0 Å². The molecule has 3 saturated carbocycles. The van der Waals surface area contributed by atoms with Crippen LogP contribution in [0.3, 0.4) is 0 Å². The second-order valence-corrected chi connectivity index (χ2v) is 4.73. The van der Waals surface area contributed by atoms with Crippen molar-refractivity contribution in [3.8, 4) is 0 Å². The number of hydrogen-bond donors (Lipinski definition) is 1. The highest BCUT2D eigenvalue weighted by atomic mass is 16.6. The van der Waals surface area contributed by atoms with Crippen LogP contribution in [-0.4, -0.2) is 23.3 Å². The van der Waals surface area contributed by atoms with Gasteiger partial charge in [-0.2, -0.15) is 0 Å². The van der Waals surface area contributed by atoms with E-state index in [0.717, 1.165) is 12.8 Å². The van der Waals surface area contributed by atoms with Crippen LogP contribution in [0.4, 0.5) is 0 Å². The van der Waals surface area contributed by atoms with Crippen LogP contribution in [0, 0.1) is 23.2 Å². The molecule has 1 saturated heterocycles. The van der Waals surface area contributed by atoms with Crippen molar-refractivity contribution < 1.29 is 14.6 Å². The Morgan fingerprint density at radius 2 is 2.42 bits per heavy atom. The predicted octanol–water partition coefficient (Wildman–Crippen LogP) is -0.0713. The number of carbonyl (C=O) groups excluding carboxylic acids is 1. The minimum atomic E-state index is -0.330. The van der Waals surface area contributed by atoms with E-state index < -0.39 is 0 Å². The van der Waals surface area contributed by atoms with Gasteiger partial charge in [0, 0.05) is 11.3 Å². The van der Waals surface area contributed by atoms with Gasteiger partial charge >= 0.3 is 5.97 Å². The van der Waals surface area contributed by atoms with Crippen LogP contribution < -0.4 is 0 Å². The number of ether oxygens (including phenoxy) is 1. The van der Waals surface area contributed by atoms with Crippen LogP contribution in [0.25, 0.3) is 0 Å². The smallest absolute Gasteiger partial charge is 0.309 e. The molecule has 3 aliphatic carbocycles. The van der Waals surface area contributed by atoms with Crippen molar-refractivity contribution in [1.82, 2.24) is 0 Å². The van der Waals surface area contributed by atoms with Crippen molar-refractivity contribution in [2.45, 2.75) is 25.0 Å². The summed E-state index contributed by atoms with van der Waals surface area (Å²) in [7, 11) is 0. The Bertz CT molecular complexity index is 300. The molecule has 6 atom stereocenters. The topological polar surface area (TPSA) is 46.5 Å². The van der Waals surface area contributed by atoms with Crippen molar-refractivity contribution in [2.75, 3.05) is 0 Å². The van der Waals surface area contributed by atoms with Crippen molar-refractivity contribution in [3.63, 3.8) is 0 Å². The van der Waals surface area contributed by atoms with Crippen molar-refractivity contribution >= 4 is 5.97 Å². The zero-order valence-electron chi connectivity index (χ0n) is 6.56. The van der Waals surface area contributed by atoms with Gasteiger partial charge in [-0.05, 0) is 18.8 Å². The molecule has 1 N–H and O–H groups in total. The van der Waals surface area contributed by atoms with Gasteiger partial charge in [0.05, 0.1) is 12.0 Å². The average Bonchev–Trinajstić information content (AvgIpc) is 2.60. The molecule has 4 aliphatic rings. The van der Waals surface area contributed by atoms with E-state index in [1.165, 1.54) is 0 Å². The Balaban J connectivity index is 1.86. The third-order valence-corrected chi connectivity index (χ3v) is 4.56. The van der Waals surface area contributed by atoms with Crippen LogP contribution in [0.15, 0.2) is 0 Å². The van der Waals surface area contributed by atoms with Crippen molar-refractivity contribution in [3.05, 3.63) is 0 Å². The summed E-state index contributed by atoms with van der Waals surface area (Å²) in [6.07, 6.45) is 1.67. The highest BCUT2D eigenvalue weighted by Crippen LogP contribution is 2.79. The van der Waals surface area contributed by atoms with E-state index in [4.69, 9.17) is 4.74 Å². The lowest BCUT2D eigenvalue weighted by Crippen LogP contribution is -2.55. The molecule has 0 aromatic rings. The Morgan fingerprint density at radius 1 is 1.58 bits per heavy atom. The molecule has 3 heteroatoms. The molecule has 0 aromatic carbocycles. The monoisotopic (exact) mass is 166 g/mol. The highest BCUT2D eigenvalue weighted by Gasteiger charge is 2.84. The normalized spacial score (nSPS) is 69.8. The molecule has 1 aliphatic heterocycles. The average molecular weight is 166 g/mol. The SMILES string of the molecule is O=C1OC2C(O)C34CC3CC1C24. The molecule has 64 valence electrons. The number of rotatable bonds is 0. The second-order valence-electron chi connectivity index (χ2n) is 4.73. The summed E-state index contributed by atoms with van der Waals surface area (Å²) in [6.45, 7) is 0. The molecule has 3 nitrogen and oxygen atoms in total. The molecular weight excluding hydrogens is 156 g/mol. The standard InChI is InChI=1S/C9H10O3/c10-7-6-5-4(8(11)12-6)1-3-2-9(3,5)7/h3-7,10H,1-2H2. The second kappa shape index (κ2) is 1.33. The Kier molecular flexibility index (Phi) is 0.661. The largest absolute Gasteiger partial charge is 0.459 e. The Labute approximate surface area is 69.7 Å². The first-order valence-corrected chi connectivity index (χ1v) is 4.64. The fraction of sp³-hybridized carbons (Fsp3) is 0.889. The van der Waals surface area contributed by atoms with Gasteiger partial charge in [-0.15, -0.1) is 0 Å². The summed E-state index contributed by atoms with van der Waals surface area (Å²) in [5, 5.41) is 9.75. The predicted molar refractivity (Wildman–Crippen MR) is 38.0 cm³/mol. The summed E-state index contributed by atoms with van der Waals surface area (Å²) in [5.74, 6) is 1.14. The van der Waals surface area contributed by atoms with E-state index in [1.54, 1.807) is 0 Å². The minimum absolute atomic E-state index is 0.0480. The van der Waals surface area contributed by atoms with Gasteiger partial charge in [-0.25, -0.2) is 0 Å². The molecule has 1 spiro atoms. The van der Waals surface area contributed by atoms with Crippen LogP contribution in [-0.2, 0) is 9.53 Å². The molecule has 0 aromatic heterocycles. The van der Waals surface area contributed by atoms with Crippen LogP contribution in [0.5, 0.6) is 0 Å². The lowest BCUT2D eigenvalue weighted by molar-refractivity contribution is -0.169. The zero-order chi connectivity index (χ0) is 8.09. The summed E-state index contributed by atoms with van der Waals surface area (Å²) >= 11 is 0. The number of hydrogen-bond acceptors (Lipinski definition) is 3. The minimum Gasteiger partial charge on any atom is -0.459 e. The Hall–Kier alpha value is -0.570. The molecule has 12 heavy (non-hydrogen) atoms. The molecule has 0 amide bonds. The van der Waals surface area contributed by atoms with Gasteiger partial charge in [0.15, 0.2) is 0 Å². The quantitative estimate of drug-likeness (QED) is 0.512. The molecular formula is C9H10O3. The van der Waals surface area contributed by atoms with Crippen molar-refractivity contribution in [1.29, 1.82) is 0 Å². The molecule has 0 bridgehead atoms. The third-order valence-electron chi connectivity index (χ3n) is 4.56. The molecule has 4 fully saturated rings. The number of esters is 1. The number of carbonyl (C=O) groups is 1. The van der Waals surface area contributed by atoms with Crippen LogP contribution in [0.1, 0.15) is 12.8 Å². The fourth-order valence-corrected chi connectivity index (χ4v) is 3.99. The number of aliphatic hydroxyl groups excluding tert-OH is 1. The maximum atomic E-state index is 11.3. The van der Waals surface area contributed by atoms with E-state index in [9.17, 15) is 9.90 Å². The van der Waals surface area contributed by atoms with Gasteiger partial charge < -0.3 is 9.84 Å². The lowest BCUT2D eigenvalue weighted by Gasteiger charge is -2.43. The van der Waals surface area contributed by atoms with Gasteiger partial charge in [-0.1, -0.05) is 0 Å². The third kappa shape index (κ3) is 0.339. The van der Waals surface area contributed by atoms with Crippen molar-refractivity contribution in [2.24, 2.45) is 23.2 Å². The highest BCUT2D eigenvalue weighted by molar-refractivity contribution is 5.78. The Morgan fingerprint density at radius 3 is 3.25 bits per heavy atom. The zero-order valence-corrected chi connectivity index (χ0v) is 6.56. The first-order chi connectivity index (χ1) is 5.75. The van der Waals surface area contributed by atoms with Crippen LogP contribution in [0.2, 0.25) is 0 Å². The molecule has 6 unspecified atom stereocenters. The van der Waals surface area contributed by atoms with E-state index in [-0.39, 0.29) is 29.5 Å². The molecule has 4 rings (SSSR count).